The maximum absolute atomic E-state index is 10.9. The summed E-state index contributed by atoms with van der Waals surface area (Å²) in [5.41, 5.74) is 1.51. The van der Waals surface area contributed by atoms with E-state index in [4.69, 9.17) is 9.84 Å². The zero-order chi connectivity index (χ0) is 14.0. The summed E-state index contributed by atoms with van der Waals surface area (Å²) >= 11 is 3.31. The topological polar surface area (TPSA) is 72.3 Å². The summed E-state index contributed by atoms with van der Waals surface area (Å²) in [7, 11) is 0. The van der Waals surface area contributed by atoms with Crippen LogP contribution in [0.4, 0.5) is 0 Å². The fourth-order valence-electron chi connectivity index (χ4n) is 1.43. The van der Waals surface area contributed by atoms with Gasteiger partial charge >= 0.3 is 5.97 Å². The van der Waals surface area contributed by atoms with Gasteiger partial charge < -0.3 is 9.84 Å². The fraction of sp³-hybridized carbons (Fsp3) is 0.154. The molecule has 0 saturated carbocycles. The van der Waals surface area contributed by atoms with Crippen molar-refractivity contribution in [3.05, 3.63) is 45.8 Å². The number of aryl methyl sites for hydroxylation is 2. The molecule has 1 heterocycles. The number of aromatic nitrogens is 2. The van der Waals surface area contributed by atoms with Crippen molar-refractivity contribution in [3.8, 4) is 11.6 Å². The molecule has 0 saturated heterocycles. The lowest BCUT2D eigenvalue weighted by atomic mass is 10.2. The first-order valence-corrected chi connectivity index (χ1v) is 6.27. The molecule has 98 valence electrons. The zero-order valence-electron chi connectivity index (χ0n) is 10.3. The Labute approximate surface area is 118 Å². The van der Waals surface area contributed by atoms with Crippen molar-refractivity contribution in [2.75, 3.05) is 0 Å². The molecule has 1 N–H and O–H groups in total. The number of carboxylic acid groups (broad SMARTS) is 1. The third-order valence-electron chi connectivity index (χ3n) is 2.42. The Bertz CT molecular complexity index is 644. The molecule has 0 aliphatic rings. The molecule has 0 aliphatic heterocycles. The van der Waals surface area contributed by atoms with Crippen molar-refractivity contribution in [2.45, 2.75) is 13.8 Å². The van der Waals surface area contributed by atoms with Crippen LogP contribution in [-0.4, -0.2) is 21.0 Å². The van der Waals surface area contributed by atoms with Crippen LogP contribution < -0.4 is 4.74 Å². The molecule has 0 spiro atoms. The first-order valence-electron chi connectivity index (χ1n) is 5.48. The second kappa shape index (κ2) is 5.36. The number of halogens is 1. The third-order valence-corrected chi connectivity index (χ3v) is 3.07. The standard InChI is InChI=1S/C13H11BrN2O3/c1-7-6-15-8(2)12(16-7)19-11-5-9(13(17)18)3-4-10(11)14/h3-6H,1-2H3,(H,17,18). The number of carboxylic acids is 1. The van der Waals surface area contributed by atoms with Crippen LogP contribution in [0.5, 0.6) is 11.6 Å². The number of carbonyl (C=O) groups is 1. The summed E-state index contributed by atoms with van der Waals surface area (Å²) in [5.74, 6) is -0.254. The average Bonchev–Trinajstić information content (AvgIpc) is 2.36. The Morgan fingerprint density at radius 3 is 2.79 bits per heavy atom. The fourth-order valence-corrected chi connectivity index (χ4v) is 1.76. The number of nitrogens with zero attached hydrogens (tertiary/aromatic N) is 2. The van der Waals surface area contributed by atoms with Gasteiger partial charge in [0.2, 0.25) is 5.88 Å². The highest BCUT2D eigenvalue weighted by Crippen LogP contribution is 2.30. The number of hydrogen-bond donors (Lipinski definition) is 1. The molecule has 19 heavy (non-hydrogen) atoms. The summed E-state index contributed by atoms with van der Waals surface area (Å²) in [4.78, 5) is 19.3. The van der Waals surface area contributed by atoms with Crippen LogP contribution in [0.15, 0.2) is 28.9 Å². The quantitative estimate of drug-likeness (QED) is 0.938. The van der Waals surface area contributed by atoms with Crippen LogP contribution in [0.1, 0.15) is 21.7 Å². The lowest BCUT2D eigenvalue weighted by molar-refractivity contribution is 0.0696. The lowest BCUT2D eigenvalue weighted by Gasteiger charge is -2.09. The minimum absolute atomic E-state index is 0.150. The summed E-state index contributed by atoms with van der Waals surface area (Å²) in [6.07, 6.45) is 1.64. The first kappa shape index (κ1) is 13.5. The van der Waals surface area contributed by atoms with E-state index in [0.717, 1.165) is 5.69 Å². The van der Waals surface area contributed by atoms with E-state index < -0.39 is 5.97 Å². The molecule has 1 aromatic heterocycles. The Morgan fingerprint density at radius 2 is 2.11 bits per heavy atom. The van der Waals surface area contributed by atoms with Crippen molar-refractivity contribution >= 4 is 21.9 Å². The highest BCUT2D eigenvalue weighted by Gasteiger charge is 2.11. The molecule has 0 fully saturated rings. The molecule has 0 radical (unpaired) electrons. The highest BCUT2D eigenvalue weighted by molar-refractivity contribution is 9.10. The van der Waals surface area contributed by atoms with Crippen LogP contribution >= 0.6 is 15.9 Å². The van der Waals surface area contributed by atoms with Crippen molar-refractivity contribution in [1.82, 2.24) is 9.97 Å². The largest absolute Gasteiger partial charge is 0.478 e. The van der Waals surface area contributed by atoms with Crippen LogP contribution in [0, 0.1) is 13.8 Å². The van der Waals surface area contributed by atoms with E-state index >= 15 is 0 Å². The molecule has 0 unspecified atom stereocenters. The van der Waals surface area contributed by atoms with E-state index in [1.54, 1.807) is 19.2 Å². The van der Waals surface area contributed by atoms with Crippen molar-refractivity contribution in [1.29, 1.82) is 0 Å². The summed E-state index contributed by atoms with van der Waals surface area (Å²) in [6, 6.07) is 4.56. The van der Waals surface area contributed by atoms with Gasteiger partial charge in [0, 0.05) is 6.20 Å². The van der Waals surface area contributed by atoms with Gasteiger partial charge in [-0.1, -0.05) is 0 Å². The van der Waals surface area contributed by atoms with Gasteiger partial charge in [-0.2, -0.15) is 0 Å². The molecule has 0 bridgehead atoms. The number of aromatic carboxylic acids is 1. The lowest BCUT2D eigenvalue weighted by Crippen LogP contribution is -1.99. The molecular formula is C13H11BrN2O3. The van der Waals surface area contributed by atoms with E-state index in [1.807, 2.05) is 6.92 Å². The maximum Gasteiger partial charge on any atom is 0.335 e. The van der Waals surface area contributed by atoms with Crippen molar-refractivity contribution in [2.24, 2.45) is 0 Å². The molecule has 2 rings (SSSR count). The molecular weight excluding hydrogens is 312 g/mol. The van der Waals surface area contributed by atoms with Crippen molar-refractivity contribution < 1.29 is 14.6 Å². The second-order valence-corrected chi connectivity index (χ2v) is 4.81. The maximum atomic E-state index is 10.9. The van der Waals surface area contributed by atoms with Gasteiger partial charge in [-0.3, -0.25) is 4.98 Å². The van der Waals surface area contributed by atoms with Crippen LogP contribution in [-0.2, 0) is 0 Å². The normalized spacial score (nSPS) is 10.3. The van der Waals surface area contributed by atoms with Crippen LogP contribution in [0.3, 0.4) is 0 Å². The van der Waals surface area contributed by atoms with Gasteiger partial charge in [-0.25, -0.2) is 9.78 Å². The van der Waals surface area contributed by atoms with E-state index in [2.05, 4.69) is 25.9 Å². The van der Waals surface area contributed by atoms with E-state index in [1.165, 1.54) is 12.1 Å². The predicted molar refractivity (Wildman–Crippen MR) is 72.7 cm³/mol. The Morgan fingerprint density at radius 1 is 1.37 bits per heavy atom. The molecule has 1 aromatic carbocycles. The SMILES string of the molecule is Cc1cnc(C)c(Oc2cc(C(=O)O)ccc2Br)n1. The van der Waals surface area contributed by atoms with Gasteiger partial charge in [0.15, 0.2) is 0 Å². The van der Waals surface area contributed by atoms with Crippen LogP contribution in [0.2, 0.25) is 0 Å². The van der Waals surface area contributed by atoms with Gasteiger partial charge in [-0.15, -0.1) is 0 Å². The number of hydrogen-bond acceptors (Lipinski definition) is 4. The van der Waals surface area contributed by atoms with Gasteiger partial charge in [0.05, 0.1) is 21.4 Å². The second-order valence-electron chi connectivity index (χ2n) is 3.95. The van der Waals surface area contributed by atoms with E-state index in [-0.39, 0.29) is 5.56 Å². The van der Waals surface area contributed by atoms with Gasteiger partial charge in [-0.05, 0) is 48.0 Å². The predicted octanol–water partition coefficient (Wildman–Crippen LogP) is 3.35. The van der Waals surface area contributed by atoms with Gasteiger partial charge in [0.25, 0.3) is 0 Å². The number of benzene rings is 1. The van der Waals surface area contributed by atoms with Crippen LogP contribution in [0.25, 0.3) is 0 Å². The first-order chi connectivity index (χ1) is 8.97. The summed E-state index contributed by atoms with van der Waals surface area (Å²) < 4.78 is 6.28. The molecule has 2 aromatic rings. The molecule has 0 amide bonds. The molecule has 5 nitrogen and oxygen atoms in total. The average molecular weight is 323 g/mol. The number of rotatable bonds is 3. The minimum Gasteiger partial charge on any atom is -0.478 e. The van der Waals surface area contributed by atoms with Crippen molar-refractivity contribution in [3.63, 3.8) is 0 Å². The smallest absolute Gasteiger partial charge is 0.335 e. The molecule has 6 heteroatoms. The van der Waals surface area contributed by atoms with E-state index in [9.17, 15) is 4.79 Å². The Balaban J connectivity index is 2.40. The summed E-state index contributed by atoms with van der Waals surface area (Å²) in [5, 5.41) is 8.97. The Hall–Kier alpha value is -1.95. The Kier molecular flexibility index (Phi) is 3.80. The highest BCUT2D eigenvalue weighted by atomic mass is 79.9. The van der Waals surface area contributed by atoms with E-state index in [0.29, 0.717) is 21.8 Å². The third kappa shape index (κ3) is 3.08. The number of ether oxygens (including phenoxy) is 1. The monoisotopic (exact) mass is 322 g/mol. The minimum atomic E-state index is -1.01. The molecule has 0 atom stereocenters. The summed E-state index contributed by atoms with van der Waals surface area (Å²) in [6.45, 7) is 3.58. The zero-order valence-corrected chi connectivity index (χ0v) is 11.9. The molecule has 0 aliphatic carbocycles. The van der Waals surface area contributed by atoms with Gasteiger partial charge in [0.1, 0.15) is 5.75 Å².